The second kappa shape index (κ2) is 9.57. The Morgan fingerprint density at radius 1 is 1.15 bits per heavy atom. The van der Waals surface area contributed by atoms with Crippen LogP contribution in [0.4, 0.5) is 0 Å². The first-order chi connectivity index (χ1) is 6.35. The van der Waals surface area contributed by atoms with Gasteiger partial charge in [0.1, 0.15) is 0 Å². The molecule has 0 atom stereocenters. The SMILES string of the molecule is C=C=C(CCO)CCCCCCC. The van der Waals surface area contributed by atoms with Crippen LogP contribution in [-0.4, -0.2) is 11.7 Å². The van der Waals surface area contributed by atoms with Crippen molar-refractivity contribution in [2.24, 2.45) is 0 Å². The van der Waals surface area contributed by atoms with Crippen molar-refractivity contribution < 1.29 is 5.11 Å². The average Bonchev–Trinajstić information content (AvgIpc) is 2.16. The minimum Gasteiger partial charge on any atom is -0.396 e. The van der Waals surface area contributed by atoms with Crippen molar-refractivity contribution in [3.63, 3.8) is 0 Å². The van der Waals surface area contributed by atoms with Gasteiger partial charge in [-0.05, 0) is 24.8 Å². The van der Waals surface area contributed by atoms with Crippen LogP contribution < -0.4 is 0 Å². The van der Waals surface area contributed by atoms with Crippen molar-refractivity contribution in [2.45, 2.75) is 51.9 Å². The van der Waals surface area contributed by atoms with Crippen LogP contribution in [0.3, 0.4) is 0 Å². The molecule has 0 aromatic carbocycles. The summed E-state index contributed by atoms with van der Waals surface area (Å²) in [6, 6.07) is 0. The molecule has 0 bridgehead atoms. The Labute approximate surface area is 82.2 Å². The molecule has 13 heavy (non-hydrogen) atoms. The van der Waals surface area contributed by atoms with Gasteiger partial charge in [0.15, 0.2) is 0 Å². The summed E-state index contributed by atoms with van der Waals surface area (Å²) in [7, 11) is 0. The van der Waals surface area contributed by atoms with Crippen molar-refractivity contribution in [3.05, 3.63) is 17.9 Å². The minimum absolute atomic E-state index is 0.229. The van der Waals surface area contributed by atoms with Crippen LogP contribution in [-0.2, 0) is 0 Å². The zero-order chi connectivity index (χ0) is 9.94. The maximum absolute atomic E-state index is 8.72. The predicted molar refractivity (Wildman–Crippen MR) is 57.7 cm³/mol. The molecule has 0 amide bonds. The molecule has 0 aromatic rings. The molecule has 1 nitrogen and oxygen atoms in total. The fraction of sp³-hybridized carbons (Fsp3) is 0.750. The monoisotopic (exact) mass is 182 g/mol. The maximum atomic E-state index is 8.72. The normalized spacial score (nSPS) is 9.69. The van der Waals surface area contributed by atoms with Gasteiger partial charge in [0.2, 0.25) is 0 Å². The Kier molecular flexibility index (Phi) is 9.18. The van der Waals surface area contributed by atoms with Crippen molar-refractivity contribution in [1.82, 2.24) is 0 Å². The van der Waals surface area contributed by atoms with Gasteiger partial charge in [0.05, 0.1) is 0 Å². The first-order valence-electron chi connectivity index (χ1n) is 5.33. The Morgan fingerprint density at radius 3 is 2.38 bits per heavy atom. The molecular weight excluding hydrogens is 160 g/mol. The summed E-state index contributed by atoms with van der Waals surface area (Å²) in [6.45, 7) is 6.07. The van der Waals surface area contributed by atoms with E-state index >= 15 is 0 Å². The quantitative estimate of drug-likeness (QED) is 0.450. The zero-order valence-electron chi connectivity index (χ0n) is 8.81. The van der Waals surface area contributed by atoms with Crippen LogP contribution in [0.25, 0.3) is 0 Å². The third kappa shape index (κ3) is 7.83. The molecule has 1 heteroatoms. The van der Waals surface area contributed by atoms with Gasteiger partial charge in [-0.2, -0.15) is 0 Å². The molecule has 0 aromatic heterocycles. The van der Waals surface area contributed by atoms with Gasteiger partial charge in [0.25, 0.3) is 0 Å². The van der Waals surface area contributed by atoms with Crippen LogP contribution >= 0.6 is 0 Å². The Bertz CT molecular complexity index is 155. The van der Waals surface area contributed by atoms with Crippen LogP contribution in [0.2, 0.25) is 0 Å². The van der Waals surface area contributed by atoms with E-state index in [9.17, 15) is 0 Å². The summed E-state index contributed by atoms with van der Waals surface area (Å²) >= 11 is 0. The van der Waals surface area contributed by atoms with E-state index in [0.29, 0.717) is 0 Å². The first-order valence-corrected chi connectivity index (χ1v) is 5.33. The van der Waals surface area contributed by atoms with Crippen molar-refractivity contribution >= 4 is 0 Å². The molecule has 76 valence electrons. The van der Waals surface area contributed by atoms with Crippen molar-refractivity contribution in [1.29, 1.82) is 0 Å². The van der Waals surface area contributed by atoms with Gasteiger partial charge in [-0.25, -0.2) is 0 Å². The third-order valence-electron chi connectivity index (χ3n) is 2.25. The number of aliphatic hydroxyl groups excluding tert-OH is 1. The van der Waals surface area contributed by atoms with Gasteiger partial charge in [-0.15, -0.1) is 5.73 Å². The number of rotatable bonds is 8. The van der Waals surface area contributed by atoms with E-state index in [-0.39, 0.29) is 6.61 Å². The molecule has 0 aliphatic rings. The molecule has 0 aliphatic carbocycles. The molecule has 0 aliphatic heterocycles. The van der Waals surface area contributed by atoms with Crippen LogP contribution in [0.1, 0.15) is 51.9 Å². The molecule has 0 radical (unpaired) electrons. The molecule has 0 saturated carbocycles. The Hall–Kier alpha value is -0.520. The summed E-state index contributed by atoms with van der Waals surface area (Å²) < 4.78 is 0. The lowest BCUT2D eigenvalue weighted by Crippen LogP contribution is -1.88. The third-order valence-corrected chi connectivity index (χ3v) is 2.25. The van der Waals surface area contributed by atoms with E-state index < -0.39 is 0 Å². The lowest BCUT2D eigenvalue weighted by Gasteiger charge is -2.02. The van der Waals surface area contributed by atoms with Gasteiger partial charge in [-0.1, -0.05) is 39.2 Å². The minimum atomic E-state index is 0.229. The summed E-state index contributed by atoms with van der Waals surface area (Å²) in [5, 5.41) is 8.72. The van der Waals surface area contributed by atoms with Crippen LogP contribution in [0.5, 0.6) is 0 Å². The number of hydrogen-bond donors (Lipinski definition) is 1. The number of hydrogen-bond acceptors (Lipinski definition) is 1. The zero-order valence-corrected chi connectivity index (χ0v) is 8.81. The van der Waals surface area contributed by atoms with E-state index in [1.807, 2.05) is 0 Å². The maximum Gasteiger partial charge on any atom is 0.0474 e. The number of aliphatic hydroxyl groups is 1. The first kappa shape index (κ1) is 12.5. The highest BCUT2D eigenvalue weighted by molar-refractivity contribution is 4.98. The summed E-state index contributed by atoms with van der Waals surface area (Å²) in [6.07, 6.45) is 8.29. The molecule has 0 fully saturated rings. The van der Waals surface area contributed by atoms with Crippen molar-refractivity contribution in [2.75, 3.05) is 6.61 Å². The molecule has 0 unspecified atom stereocenters. The summed E-state index contributed by atoms with van der Waals surface area (Å²) in [4.78, 5) is 0. The van der Waals surface area contributed by atoms with Gasteiger partial charge in [-0.3, -0.25) is 0 Å². The lowest BCUT2D eigenvalue weighted by atomic mass is 10.0. The lowest BCUT2D eigenvalue weighted by molar-refractivity contribution is 0.297. The van der Waals surface area contributed by atoms with E-state index in [4.69, 9.17) is 5.11 Å². The molecule has 0 saturated heterocycles. The van der Waals surface area contributed by atoms with E-state index in [0.717, 1.165) is 12.8 Å². The number of unbranched alkanes of at least 4 members (excludes halogenated alkanes) is 4. The standard InChI is InChI=1S/C12H22O/c1-3-5-6-7-8-9-12(4-2)10-11-13/h13H,2-3,5-11H2,1H3. The van der Waals surface area contributed by atoms with E-state index in [1.54, 1.807) is 0 Å². The Balaban J connectivity index is 3.34. The topological polar surface area (TPSA) is 20.2 Å². The average molecular weight is 182 g/mol. The summed E-state index contributed by atoms with van der Waals surface area (Å²) in [5.41, 5.74) is 4.08. The fourth-order valence-electron chi connectivity index (χ4n) is 1.38. The predicted octanol–water partition coefficient (Wildman–Crippen LogP) is 3.44. The largest absolute Gasteiger partial charge is 0.396 e. The van der Waals surface area contributed by atoms with Crippen LogP contribution in [0, 0.1) is 0 Å². The molecular formula is C12H22O. The smallest absolute Gasteiger partial charge is 0.0474 e. The highest BCUT2D eigenvalue weighted by Crippen LogP contribution is 2.12. The van der Waals surface area contributed by atoms with E-state index in [1.165, 1.54) is 37.7 Å². The van der Waals surface area contributed by atoms with Gasteiger partial charge >= 0.3 is 0 Å². The van der Waals surface area contributed by atoms with E-state index in [2.05, 4.69) is 19.2 Å². The summed E-state index contributed by atoms with van der Waals surface area (Å²) in [5.74, 6) is 0. The van der Waals surface area contributed by atoms with Gasteiger partial charge < -0.3 is 5.11 Å². The molecule has 0 spiro atoms. The Morgan fingerprint density at radius 2 is 1.85 bits per heavy atom. The second-order valence-electron chi connectivity index (χ2n) is 3.42. The van der Waals surface area contributed by atoms with Crippen LogP contribution in [0.15, 0.2) is 17.9 Å². The molecule has 0 heterocycles. The van der Waals surface area contributed by atoms with Crippen molar-refractivity contribution in [3.8, 4) is 0 Å². The molecule has 1 N–H and O–H groups in total. The fourth-order valence-corrected chi connectivity index (χ4v) is 1.38. The highest BCUT2D eigenvalue weighted by atomic mass is 16.2. The van der Waals surface area contributed by atoms with Gasteiger partial charge in [0, 0.05) is 6.61 Å². The highest BCUT2D eigenvalue weighted by Gasteiger charge is 1.95. The second-order valence-corrected chi connectivity index (χ2v) is 3.42. The molecule has 0 rings (SSSR count).